The van der Waals surface area contributed by atoms with Crippen LogP contribution < -0.4 is 15.4 Å². The minimum absolute atomic E-state index is 0.169. The van der Waals surface area contributed by atoms with Gasteiger partial charge in [-0.25, -0.2) is 4.99 Å². The van der Waals surface area contributed by atoms with E-state index in [2.05, 4.69) is 76.6 Å². The molecule has 1 aliphatic rings. The van der Waals surface area contributed by atoms with Gasteiger partial charge in [0.2, 0.25) is 5.89 Å². The molecule has 3 rings (SSSR count). The number of rotatable bonds is 8. The molecule has 0 bridgehead atoms. The number of likely N-dealkylation sites (tertiary alicyclic amines) is 1. The van der Waals surface area contributed by atoms with Gasteiger partial charge < -0.3 is 19.9 Å². The predicted molar refractivity (Wildman–Crippen MR) is 122 cm³/mol. The van der Waals surface area contributed by atoms with Crippen LogP contribution in [-0.2, 0) is 12.0 Å². The maximum Gasteiger partial charge on any atom is 0.232 e. The fraction of sp³-hybridized carbons (Fsp3) is 0.609. The van der Waals surface area contributed by atoms with Gasteiger partial charge in [0, 0.05) is 18.5 Å². The van der Waals surface area contributed by atoms with Crippen molar-refractivity contribution in [2.24, 2.45) is 4.99 Å². The van der Waals surface area contributed by atoms with Crippen molar-refractivity contribution < 1.29 is 9.26 Å². The van der Waals surface area contributed by atoms with Crippen LogP contribution in [0.1, 0.15) is 63.9 Å². The van der Waals surface area contributed by atoms with Gasteiger partial charge in [-0.2, -0.15) is 4.98 Å². The number of nitrogens with zero attached hydrogens (tertiary/aromatic N) is 4. The molecular formula is C23H36N6O2. The minimum atomic E-state index is -0.169. The quantitative estimate of drug-likeness (QED) is 0.493. The average Bonchev–Trinajstić information content (AvgIpc) is 3.44. The van der Waals surface area contributed by atoms with E-state index in [1.54, 1.807) is 7.11 Å². The van der Waals surface area contributed by atoms with Gasteiger partial charge in [0.1, 0.15) is 12.3 Å². The molecule has 0 amide bonds. The normalized spacial score (nSPS) is 16.4. The highest BCUT2D eigenvalue weighted by molar-refractivity contribution is 5.79. The zero-order valence-electron chi connectivity index (χ0n) is 19.4. The van der Waals surface area contributed by atoms with E-state index < -0.39 is 0 Å². The molecule has 0 saturated carbocycles. The van der Waals surface area contributed by atoms with E-state index in [0.29, 0.717) is 18.3 Å². The first kappa shape index (κ1) is 23.1. The molecule has 1 aromatic carbocycles. The molecule has 1 aromatic heterocycles. The molecule has 2 aromatic rings. The summed E-state index contributed by atoms with van der Waals surface area (Å²) in [5.74, 6) is 2.85. The summed E-state index contributed by atoms with van der Waals surface area (Å²) in [6.45, 7) is 12.3. The van der Waals surface area contributed by atoms with Crippen LogP contribution in [0, 0.1) is 0 Å². The first-order valence-electron chi connectivity index (χ1n) is 11.1. The number of aromatic nitrogens is 2. The van der Waals surface area contributed by atoms with Crippen LogP contribution in [0.4, 0.5) is 0 Å². The Morgan fingerprint density at radius 1 is 1.26 bits per heavy atom. The summed E-state index contributed by atoms with van der Waals surface area (Å²) in [6.07, 6.45) is 2.48. The fourth-order valence-corrected chi connectivity index (χ4v) is 3.67. The Hall–Kier alpha value is -2.61. The monoisotopic (exact) mass is 428 g/mol. The molecule has 0 aliphatic carbocycles. The van der Waals surface area contributed by atoms with E-state index in [0.717, 1.165) is 37.9 Å². The number of hydrogen-bond acceptors (Lipinski definition) is 6. The van der Waals surface area contributed by atoms with E-state index in [-0.39, 0.29) is 11.5 Å². The van der Waals surface area contributed by atoms with E-state index in [1.807, 2.05) is 6.07 Å². The van der Waals surface area contributed by atoms with Crippen molar-refractivity contribution in [2.75, 3.05) is 33.3 Å². The fourth-order valence-electron chi connectivity index (χ4n) is 3.67. The van der Waals surface area contributed by atoms with Gasteiger partial charge in [0.25, 0.3) is 0 Å². The highest BCUT2D eigenvalue weighted by Crippen LogP contribution is 2.27. The lowest BCUT2D eigenvalue weighted by molar-refractivity contribution is 0.245. The van der Waals surface area contributed by atoms with Crippen LogP contribution in [0.25, 0.3) is 0 Å². The number of methoxy groups -OCH3 is 1. The summed E-state index contributed by atoms with van der Waals surface area (Å²) in [7, 11) is 1.71. The van der Waals surface area contributed by atoms with Crippen LogP contribution in [0.3, 0.4) is 0 Å². The van der Waals surface area contributed by atoms with Gasteiger partial charge in [-0.1, -0.05) is 38.1 Å². The largest absolute Gasteiger partial charge is 0.497 e. The van der Waals surface area contributed by atoms with Gasteiger partial charge in [-0.3, -0.25) is 4.90 Å². The molecule has 8 nitrogen and oxygen atoms in total. The Balaban J connectivity index is 1.70. The topological polar surface area (TPSA) is 87.8 Å². The first-order chi connectivity index (χ1) is 14.9. The standard InChI is InChI=1S/C23H36N6O2/c1-6-24-22(26-16-20-27-21(31-28-20)23(2,3)4)25-15-19(29-12-7-8-13-29)17-10-9-11-18(14-17)30-5/h9-11,14,19H,6-8,12-13,15-16H2,1-5H3,(H2,24,25,26). The predicted octanol–water partition coefficient (Wildman–Crippen LogP) is 3.27. The third-order valence-electron chi connectivity index (χ3n) is 5.36. The Morgan fingerprint density at radius 3 is 2.68 bits per heavy atom. The number of benzene rings is 1. The van der Waals surface area contributed by atoms with Crippen LogP contribution in [0.5, 0.6) is 5.75 Å². The van der Waals surface area contributed by atoms with Crippen LogP contribution in [0.2, 0.25) is 0 Å². The molecule has 2 N–H and O–H groups in total. The van der Waals surface area contributed by atoms with Crippen molar-refractivity contribution >= 4 is 5.96 Å². The highest BCUT2D eigenvalue weighted by atomic mass is 16.5. The molecule has 0 radical (unpaired) electrons. The van der Waals surface area contributed by atoms with Crippen molar-refractivity contribution in [3.8, 4) is 5.75 Å². The molecule has 1 aliphatic heterocycles. The average molecular weight is 429 g/mol. The van der Waals surface area contributed by atoms with Crippen molar-refractivity contribution in [3.05, 3.63) is 41.5 Å². The van der Waals surface area contributed by atoms with Crippen molar-refractivity contribution in [1.82, 2.24) is 25.7 Å². The molecule has 0 spiro atoms. The summed E-state index contributed by atoms with van der Waals surface area (Å²) in [5, 5.41) is 10.9. The first-order valence-corrected chi connectivity index (χ1v) is 11.1. The molecule has 1 atom stereocenters. The molecule has 1 fully saturated rings. The summed E-state index contributed by atoms with van der Waals surface area (Å²) in [5.41, 5.74) is 1.08. The number of ether oxygens (including phenoxy) is 1. The van der Waals surface area contributed by atoms with Crippen LogP contribution >= 0.6 is 0 Å². The number of nitrogens with one attached hydrogen (secondary N) is 2. The van der Waals surface area contributed by atoms with Crippen molar-refractivity contribution in [3.63, 3.8) is 0 Å². The van der Waals surface area contributed by atoms with E-state index >= 15 is 0 Å². The number of guanidine groups is 1. The second-order valence-electron chi connectivity index (χ2n) is 8.88. The minimum Gasteiger partial charge on any atom is -0.497 e. The molecular weight excluding hydrogens is 392 g/mol. The zero-order valence-corrected chi connectivity index (χ0v) is 19.4. The molecule has 1 unspecified atom stereocenters. The number of hydrogen-bond donors (Lipinski definition) is 2. The number of aliphatic imine (C=N–C) groups is 1. The van der Waals surface area contributed by atoms with Crippen molar-refractivity contribution in [1.29, 1.82) is 0 Å². The van der Waals surface area contributed by atoms with Gasteiger partial charge >= 0.3 is 0 Å². The van der Waals surface area contributed by atoms with Gasteiger partial charge in [-0.05, 0) is 50.6 Å². The second-order valence-corrected chi connectivity index (χ2v) is 8.88. The molecule has 1 saturated heterocycles. The van der Waals surface area contributed by atoms with E-state index in [4.69, 9.17) is 9.26 Å². The maximum absolute atomic E-state index is 5.45. The maximum atomic E-state index is 5.45. The van der Waals surface area contributed by atoms with E-state index in [1.165, 1.54) is 18.4 Å². The van der Waals surface area contributed by atoms with Crippen molar-refractivity contribution in [2.45, 2.75) is 58.5 Å². The lowest BCUT2D eigenvalue weighted by Gasteiger charge is -2.29. The molecule has 2 heterocycles. The van der Waals surface area contributed by atoms with Gasteiger partial charge in [0.15, 0.2) is 11.8 Å². The third kappa shape index (κ3) is 6.43. The smallest absolute Gasteiger partial charge is 0.232 e. The Morgan fingerprint density at radius 2 is 2.03 bits per heavy atom. The lowest BCUT2D eigenvalue weighted by atomic mass is 9.97. The molecule has 8 heteroatoms. The summed E-state index contributed by atoms with van der Waals surface area (Å²) < 4.78 is 10.8. The Kier molecular flexibility index (Phi) is 7.90. The van der Waals surface area contributed by atoms with Crippen LogP contribution in [-0.4, -0.2) is 54.3 Å². The van der Waals surface area contributed by atoms with Crippen LogP contribution in [0.15, 0.2) is 33.8 Å². The lowest BCUT2D eigenvalue weighted by Crippen LogP contribution is -2.42. The SMILES string of the molecule is CCNC(=NCc1noc(C(C)(C)C)n1)NCC(c1cccc(OC)c1)N1CCCC1. The molecule has 170 valence electrons. The third-order valence-corrected chi connectivity index (χ3v) is 5.36. The van der Waals surface area contributed by atoms with E-state index in [9.17, 15) is 0 Å². The highest BCUT2D eigenvalue weighted by Gasteiger charge is 2.24. The Bertz CT molecular complexity index is 852. The summed E-state index contributed by atoms with van der Waals surface area (Å²) >= 11 is 0. The second kappa shape index (κ2) is 10.6. The van der Waals surface area contributed by atoms with Gasteiger partial charge in [0.05, 0.1) is 13.2 Å². The van der Waals surface area contributed by atoms with Gasteiger partial charge in [-0.15, -0.1) is 0 Å². The zero-order chi connectivity index (χ0) is 22.3. The Labute approximate surface area is 185 Å². The molecule has 31 heavy (non-hydrogen) atoms. The summed E-state index contributed by atoms with van der Waals surface area (Å²) in [6, 6.07) is 8.59. The summed E-state index contributed by atoms with van der Waals surface area (Å²) in [4.78, 5) is 11.7.